The lowest BCUT2D eigenvalue weighted by atomic mass is 10.4. The lowest BCUT2D eigenvalue weighted by Crippen LogP contribution is -2.14. The van der Waals surface area contributed by atoms with Crippen molar-refractivity contribution in [3.05, 3.63) is 12.4 Å². The molecule has 5 nitrogen and oxygen atoms in total. The third-order valence-corrected chi connectivity index (χ3v) is 1.88. The molecular weight excluding hydrogens is 204 g/mol. The third kappa shape index (κ3) is 4.93. The summed E-state index contributed by atoms with van der Waals surface area (Å²) >= 11 is 0. The van der Waals surface area contributed by atoms with E-state index in [1.807, 2.05) is 26.8 Å². The zero-order chi connectivity index (χ0) is 11.8. The van der Waals surface area contributed by atoms with Crippen molar-refractivity contribution < 1.29 is 4.74 Å². The van der Waals surface area contributed by atoms with Gasteiger partial charge in [-0.2, -0.15) is 0 Å². The number of hydrogen-bond acceptors (Lipinski definition) is 5. The molecule has 0 aliphatic heterocycles. The quantitative estimate of drug-likeness (QED) is 0.691. The smallest absolute Gasteiger partial charge is 0.131 e. The minimum absolute atomic E-state index is 0.268. The molecule has 2 N–H and O–H groups in total. The number of rotatable bonds is 7. The molecule has 90 valence electrons. The molecule has 0 bridgehead atoms. The second-order valence-corrected chi connectivity index (χ2v) is 3.67. The highest BCUT2D eigenvalue weighted by Gasteiger charge is 1.97. The number of nitrogens with zero attached hydrogens (tertiary/aromatic N) is 2. The predicted molar refractivity (Wildman–Crippen MR) is 65.8 cm³/mol. The van der Waals surface area contributed by atoms with Gasteiger partial charge >= 0.3 is 0 Å². The summed E-state index contributed by atoms with van der Waals surface area (Å²) in [6.07, 6.45) is 1.81. The van der Waals surface area contributed by atoms with E-state index in [1.54, 1.807) is 6.33 Å². The van der Waals surface area contributed by atoms with E-state index in [2.05, 4.69) is 20.6 Å². The summed E-state index contributed by atoms with van der Waals surface area (Å²) in [4.78, 5) is 8.21. The Morgan fingerprint density at radius 2 is 1.94 bits per heavy atom. The molecule has 0 fully saturated rings. The van der Waals surface area contributed by atoms with Crippen molar-refractivity contribution in [2.45, 2.75) is 26.9 Å². The minimum atomic E-state index is 0.268. The van der Waals surface area contributed by atoms with Gasteiger partial charge < -0.3 is 15.4 Å². The molecule has 1 heterocycles. The van der Waals surface area contributed by atoms with Crippen LogP contribution in [0, 0.1) is 0 Å². The lowest BCUT2D eigenvalue weighted by molar-refractivity contribution is 0.0870. The van der Waals surface area contributed by atoms with Crippen LogP contribution in [0.2, 0.25) is 0 Å². The van der Waals surface area contributed by atoms with Crippen molar-refractivity contribution in [1.29, 1.82) is 0 Å². The molecule has 1 aromatic heterocycles. The fourth-order valence-corrected chi connectivity index (χ4v) is 1.21. The van der Waals surface area contributed by atoms with Crippen LogP contribution in [0.3, 0.4) is 0 Å². The van der Waals surface area contributed by atoms with E-state index in [9.17, 15) is 0 Å². The summed E-state index contributed by atoms with van der Waals surface area (Å²) in [5.41, 5.74) is 0. The van der Waals surface area contributed by atoms with Gasteiger partial charge in [0.1, 0.15) is 18.0 Å². The van der Waals surface area contributed by atoms with Gasteiger partial charge in [0.15, 0.2) is 0 Å². The van der Waals surface area contributed by atoms with E-state index in [4.69, 9.17) is 4.74 Å². The van der Waals surface area contributed by atoms with Crippen LogP contribution >= 0.6 is 0 Å². The van der Waals surface area contributed by atoms with Crippen LogP contribution in [0.4, 0.5) is 11.6 Å². The number of nitrogens with one attached hydrogen (secondary N) is 2. The zero-order valence-corrected chi connectivity index (χ0v) is 10.2. The van der Waals surface area contributed by atoms with E-state index < -0.39 is 0 Å². The highest BCUT2D eigenvalue weighted by molar-refractivity contribution is 5.46. The van der Waals surface area contributed by atoms with Crippen molar-refractivity contribution in [3.8, 4) is 0 Å². The Bertz CT molecular complexity index is 304. The van der Waals surface area contributed by atoms with Crippen LogP contribution in [0.25, 0.3) is 0 Å². The van der Waals surface area contributed by atoms with E-state index in [1.165, 1.54) is 0 Å². The lowest BCUT2D eigenvalue weighted by Gasteiger charge is -2.09. The van der Waals surface area contributed by atoms with Crippen molar-refractivity contribution in [1.82, 2.24) is 9.97 Å². The Kier molecular flexibility index (Phi) is 5.56. The first kappa shape index (κ1) is 12.7. The second-order valence-electron chi connectivity index (χ2n) is 3.67. The van der Waals surface area contributed by atoms with E-state index in [0.717, 1.165) is 24.7 Å². The number of ether oxygens (including phenoxy) is 1. The first-order valence-corrected chi connectivity index (χ1v) is 5.63. The topological polar surface area (TPSA) is 59.1 Å². The Labute approximate surface area is 96.6 Å². The van der Waals surface area contributed by atoms with E-state index in [0.29, 0.717) is 6.61 Å². The maximum absolute atomic E-state index is 5.42. The highest BCUT2D eigenvalue weighted by Crippen LogP contribution is 2.07. The summed E-state index contributed by atoms with van der Waals surface area (Å²) in [7, 11) is 0. The van der Waals surface area contributed by atoms with Gasteiger partial charge in [-0.05, 0) is 20.8 Å². The summed E-state index contributed by atoms with van der Waals surface area (Å²) < 4.78 is 5.42. The highest BCUT2D eigenvalue weighted by atomic mass is 16.5. The number of anilines is 2. The predicted octanol–water partition coefficient (Wildman–Crippen LogP) is 1.75. The summed E-state index contributed by atoms with van der Waals surface area (Å²) in [6.45, 7) is 8.36. The van der Waals surface area contributed by atoms with Gasteiger partial charge in [-0.25, -0.2) is 9.97 Å². The van der Waals surface area contributed by atoms with Crippen LogP contribution in [-0.2, 0) is 4.74 Å². The number of hydrogen-bond donors (Lipinski definition) is 2. The molecule has 0 aromatic carbocycles. The Hall–Kier alpha value is -1.36. The zero-order valence-electron chi connectivity index (χ0n) is 10.2. The molecule has 1 rings (SSSR count). The Balaban J connectivity index is 2.33. The standard InChI is InChI=1S/C11H20N4O/c1-4-12-10-7-11(15-8-14-10)13-5-6-16-9(2)3/h7-9H,4-6H2,1-3H3,(H2,12,13,14,15). The van der Waals surface area contributed by atoms with Crippen molar-refractivity contribution >= 4 is 11.6 Å². The van der Waals surface area contributed by atoms with Crippen LogP contribution in [0.5, 0.6) is 0 Å². The molecule has 0 atom stereocenters. The van der Waals surface area contributed by atoms with Gasteiger partial charge in [-0.1, -0.05) is 0 Å². The van der Waals surface area contributed by atoms with Crippen LogP contribution in [-0.4, -0.2) is 35.8 Å². The monoisotopic (exact) mass is 224 g/mol. The summed E-state index contributed by atoms with van der Waals surface area (Å²) in [6, 6.07) is 1.89. The van der Waals surface area contributed by atoms with E-state index >= 15 is 0 Å². The van der Waals surface area contributed by atoms with Gasteiger partial charge in [-0.3, -0.25) is 0 Å². The fraction of sp³-hybridized carbons (Fsp3) is 0.636. The normalized spacial score (nSPS) is 10.5. The minimum Gasteiger partial charge on any atom is -0.377 e. The van der Waals surface area contributed by atoms with Crippen molar-refractivity contribution in [2.75, 3.05) is 30.3 Å². The van der Waals surface area contributed by atoms with Gasteiger partial charge in [-0.15, -0.1) is 0 Å². The third-order valence-electron chi connectivity index (χ3n) is 1.88. The molecule has 0 saturated heterocycles. The van der Waals surface area contributed by atoms with E-state index in [-0.39, 0.29) is 6.10 Å². The van der Waals surface area contributed by atoms with Gasteiger partial charge in [0.2, 0.25) is 0 Å². The molecule has 0 unspecified atom stereocenters. The molecule has 5 heteroatoms. The molecule has 16 heavy (non-hydrogen) atoms. The van der Waals surface area contributed by atoms with Crippen LogP contribution < -0.4 is 10.6 Å². The van der Waals surface area contributed by atoms with Crippen molar-refractivity contribution in [3.63, 3.8) is 0 Å². The molecule has 0 spiro atoms. The second kappa shape index (κ2) is 7.00. The Morgan fingerprint density at radius 1 is 1.25 bits per heavy atom. The molecular formula is C11H20N4O. The molecule has 1 aromatic rings. The molecule has 0 saturated carbocycles. The van der Waals surface area contributed by atoms with Crippen LogP contribution in [0.15, 0.2) is 12.4 Å². The average Bonchev–Trinajstić information content (AvgIpc) is 2.25. The number of aromatic nitrogens is 2. The first-order chi connectivity index (χ1) is 7.72. The van der Waals surface area contributed by atoms with Gasteiger partial charge in [0.25, 0.3) is 0 Å². The molecule has 0 aliphatic rings. The SMILES string of the molecule is CCNc1cc(NCCOC(C)C)ncn1. The Morgan fingerprint density at radius 3 is 2.56 bits per heavy atom. The fourth-order valence-electron chi connectivity index (χ4n) is 1.21. The maximum Gasteiger partial charge on any atom is 0.131 e. The first-order valence-electron chi connectivity index (χ1n) is 5.63. The van der Waals surface area contributed by atoms with Crippen LogP contribution in [0.1, 0.15) is 20.8 Å². The van der Waals surface area contributed by atoms with Gasteiger partial charge in [0.05, 0.1) is 12.7 Å². The summed E-state index contributed by atoms with van der Waals surface area (Å²) in [5, 5.41) is 6.32. The summed E-state index contributed by atoms with van der Waals surface area (Å²) in [5.74, 6) is 1.66. The molecule has 0 radical (unpaired) electrons. The molecule has 0 amide bonds. The average molecular weight is 224 g/mol. The largest absolute Gasteiger partial charge is 0.377 e. The maximum atomic E-state index is 5.42. The molecule has 0 aliphatic carbocycles. The van der Waals surface area contributed by atoms with Gasteiger partial charge in [0, 0.05) is 19.2 Å². The van der Waals surface area contributed by atoms with Crippen molar-refractivity contribution in [2.24, 2.45) is 0 Å².